The van der Waals surface area contributed by atoms with Crippen LogP contribution in [0.4, 0.5) is 0 Å². The molecule has 4 heteroatoms. The molecule has 0 aliphatic rings. The largest absolute Gasteiger partial charge is 0.504 e. The van der Waals surface area contributed by atoms with Gasteiger partial charge in [0.05, 0.1) is 0 Å². The second-order valence-electron chi connectivity index (χ2n) is 2.78. The zero-order chi connectivity index (χ0) is 10.6. The lowest BCUT2D eigenvalue weighted by Crippen LogP contribution is -2.10. The average Bonchev–Trinajstić information content (AvgIpc) is 2.10. The quantitative estimate of drug-likeness (QED) is 0.618. The van der Waals surface area contributed by atoms with Crippen molar-refractivity contribution in [3.63, 3.8) is 0 Å². The highest BCUT2D eigenvalue weighted by Crippen LogP contribution is 2.25. The molecule has 1 amide bonds. The monoisotopic (exact) mass is 193 g/mol. The molecule has 1 aromatic rings. The van der Waals surface area contributed by atoms with Crippen molar-refractivity contribution >= 4 is 12.0 Å². The lowest BCUT2D eigenvalue weighted by molar-refractivity contribution is -0.118. The Hall–Kier alpha value is -1.97. The molecule has 0 saturated heterocycles. The van der Waals surface area contributed by atoms with Crippen molar-refractivity contribution in [3.8, 4) is 11.5 Å². The van der Waals surface area contributed by atoms with Gasteiger partial charge in [-0.25, -0.2) is 0 Å². The zero-order valence-corrected chi connectivity index (χ0v) is 7.69. The van der Waals surface area contributed by atoms with E-state index in [4.69, 9.17) is 10.2 Å². The van der Waals surface area contributed by atoms with Gasteiger partial charge in [0, 0.05) is 13.1 Å². The smallest absolute Gasteiger partial charge is 0.220 e. The highest BCUT2D eigenvalue weighted by atomic mass is 16.3. The van der Waals surface area contributed by atoms with Crippen LogP contribution >= 0.6 is 0 Å². The van der Waals surface area contributed by atoms with Crippen LogP contribution in [0.1, 0.15) is 12.5 Å². The predicted octanol–water partition coefficient (Wildman–Crippen LogP) is 1.20. The molecule has 0 radical (unpaired) electrons. The van der Waals surface area contributed by atoms with Crippen molar-refractivity contribution in [2.75, 3.05) is 0 Å². The molecule has 14 heavy (non-hydrogen) atoms. The third-order valence-corrected chi connectivity index (χ3v) is 1.56. The van der Waals surface area contributed by atoms with E-state index in [0.717, 1.165) is 0 Å². The van der Waals surface area contributed by atoms with Crippen LogP contribution in [0.5, 0.6) is 11.5 Å². The van der Waals surface area contributed by atoms with Crippen LogP contribution in [0.2, 0.25) is 0 Å². The Kier molecular flexibility index (Phi) is 3.12. The minimum absolute atomic E-state index is 0.163. The fourth-order valence-electron chi connectivity index (χ4n) is 0.899. The van der Waals surface area contributed by atoms with Gasteiger partial charge in [-0.3, -0.25) is 4.79 Å². The summed E-state index contributed by atoms with van der Waals surface area (Å²) in [5.74, 6) is -0.513. The van der Waals surface area contributed by atoms with Crippen molar-refractivity contribution in [3.05, 3.63) is 30.0 Å². The fourth-order valence-corrected chi connectivity index (χ4v) is 0.899. The minimum Gasteiger partial charge on any atom is -0.504 e. The van der Waals surface area contributed by atoms with E-state index in [9.17, 15) is 4.79 Å². The van der Waals surface area contributed by atoms with E-state index >= 15 is 0 Å². The molecule has 0 fully saturated rings. The van der Waals surface area contributed by atoms with Crippen molar-refractivity contribution in [1.82, 2.24) is 5.32 Å². The van der Waals surface area contributed by atoms with Crippen LogP contribution in [0.25, 0.3) is 6.08 Å². The highest BCUT2D eigenvalue weighted by molar-refractivity contribution is 5.75. The Balaban J connectivity index is 2.73. The topological polar surface area (TPSA) is 69.6 Å². The van der Waals surface area contributed by atoms with Gasteiger partial charge in [-0.1, -0.05) is 6.07 Å². The van der Waals surface area contributed by atoms with Crippen molar-refractivity contribution in [2.24, 2.45) is 0 Å². The number of nitrogens with one attached hydrogen (secondary N) is 1. The maximum Gasteiger partial charge on any atom is 0.220 e. The Bertz CT molecular complexity index is 372. The molecule has 0 atom stereocenters. The molecule has 4 nitrogen and oxygen atoms in total. The van der Waals surface area contributed by atoms with Gasteiger partial charge in [-0.05, 0) is 23.8 Å². The average molecular weight is 193 g/mol. The second-order valence-corrected chi connectivity index (χ2v) is 2.78. The van der Waals surface area contributed by atoms with Gasteiger partial charge in [-0.15, -0.1) is 0 Å². The standard InChI is InChI=1S/C10H11NO3/c1-7(12)11-5-4-8-2-3-9(13)10(14)6-8/h2-6,13-14H,1H3,(H,11,12)/b5-4+. The molecule has 0 spiro atoms. The van der Waals surface area contributed by atoms with Crippen molar-refractivity contribution in [1.29, 1.82) is 0 Å². The van der Waals surface area contributed by atoms with Crippen LogP contribution in [0, 0.1) is 0 Å². The maximum absolute atomic E-state index is 10.5. The number of hydrogen-bond acceptors (Lipinski definition) is 3. The Morgan fingerprint density at radius 3 is 2.64 bits per heavy atom. The third kappa shape index (κ3) is 2.82. The summed E-state index contributed by atoms with van der Waals surface area (Å²) >= 11 is 0. The summed E-state index contributed by atoms with van der Waals surface area (Å²) in [6.07, 6.45) is 3.08. The first-order valence-electron chi connectivity index (χ1n) is 4.05. The van der Waals surface area contributed by atoms with Crippen LogP contribution in [0.15, 0.2) is 24.4 Å². The Labute approximate surface area is 81.5 Å². The molecule has 1 aromatic carbocycles. The molecule has 0 heterocycles. The summed E-state index contributed by atoms with van der Waals surface area (Å²) in [6, 6.07) is 4.39. The summed E-state index contributed by atoms with van der Waals surface area (Å²) in [5, 5.41) is 20.6. The summed E-state index contributed by atoms with van der Waals surface area (Å²) in [5.41, 5.74) is 0.689. The molecule has 74 valence electrons. The molecular weight excluding hydrogens is 182 g/mol. The van der Waals surface area contributed by atoms with Gasteiger partial charge in [0.1, 0.15) is 0 Å². The van der Waals surface area contributed by atoms with E-state index in [1.165, 1.54) is 25.3 Å². The molecule has 0 aromatic heterocycles. The molecule has 1 rings (SSSR count). The molecule has 0 saturated carbocycles. The van der Waals surface area contributed by atoms with Crippen LogP contribution in [-0.4, -0.2) is 16.1 Å². The van der Waals surface area contributed by atoms with Gasteiger partial charge in [-0.2, -0.15) is 0 Å². The number of carbonyl (C=O) groups excluding carboxylic acids is 1. The van der Waals surface area contributed by atoms with E-state index in [-0.39, 0.29) is 17.4 Å². The van der Waals surface area contributed by atoms with Gasteiger partial charge < -0.3 is 15.5 Å². The third-order valence-electron chi connectivity index (χ3n) is 1.56. The number of hydrogen-bond donors (Lipinski definition) is 3. The number of carbonyl (C=O) groups is 1. The molecule has 0 aliphatic carbocycles. The van der Waals surface area contributed by atoms with E-state index in [1.807, 2.05) is 0 Å². The first-order chi connectivity index (χ1) is 6.59. The number of aromatic hydroxyl groups is 2. The van der Waals surface area contributed by atoms with Crippen LogP contribution in [-0.2, 0) is 4.79 Å². The Morgan fingerprint density at radius 1 is 1.36 bits per heavy atom. The normalized spacial score (nSPS) is 10.4. The molecule has 0 bridgehead atoms. The maximum atomic E-state index is 10.5. The SMILES string of the molecule is CC(=O)N/C=C/c1ccc(O)c(O)c1. The lowest BCUT2D eigenvalue weighted by Gasteiger charge is -1.98. The number of rotatable bonds is 2. The van der Waals surface area contributed by atoms with Gasteiger partial charge in [0.25, 0.3) is 0 Å². The highest BCUT2D eigenvalue weighted by Gasteiger charge is 1.97. The van der Waals surface area contributed by atoms with Gasteiger partial charge in [0.15, 0.2) is 11.5 Å². The van der Waals surface area contributed by atoms with E-state index in [2.05, 4.69) is 5.32 Å². The summed E-state index contributed by atoms with van der Waals surface area (Å²) < 4.78 is 0. The summed E-state index contributed by atoms with van der Waals surface area (Å²) in [7, 11) is 0. The summed E-state index contributed by atoms with van der Waals surface area (Å²) in [4.78, 5) is 10.5. The Morgan fingerprint density at radius 2 is 2.07 bits per heavy atom. The molecule has 3 N–H and O–H groups in total. The first-order valence-corrected chi connectivity index (χ1v) is 4.05. The number of phenolic OH excluding ortho intramolecular Hbond substituents is 2. The van der Waals surface area contributed by atoms with E-state index < -0.39 is 0 Å². The van der Waals surface area contributed by atoms with E-state index in [1.54, 1.807) is 12.1 Å². The predicted molar refractivity (Wildman–Crippen MR) is 52.6 cm³/mol. The minimum atomic E-state index is -0.185. The molecule has 0 aliphatic heterocycles. The zero-order valence-electron chi connectivity index (χ0n) is 7.69. The number of phenols is 2. The van der Waals surface area contributed by atoms with Crippen LogP contribution in [0.3, 0.4) is 0 Å². The van der Waals surface area contributed by atoms with Crippen molar-refractivity contribution in [2.45, 2.75) is 6.92 Å². The van der Waals surface area contributed by atoms with Crippen molar-refractivity contribution < 1.29 is 15.0 Å². The van der Waals surface area contributed by atoms with Gasteiger partial charge in [0.2, 0.25) is 5.91 Å². The summed E-state index contributed by atoms with van der Waals surface area (Å²) in [6.45, 7) is 1.40. The van der Waals surface area contributed by atoms with Crippen LogP contribution < -0.4 is 5.32 Å². The second kappa shape index (κ2) is 4.32. The molecule has 0 unspecified atom stereocenters. The fraction of sp³-hybridized carbons (Fsp3) is 0.100. The lowest BCUT2D eigenvalue weighted by atomic mass is 10.2. The first kappa shape index (κ1) is 10.1. The number of benzene rings is 1. The van der Waals surface area contributed by atoms with Gasteiger partial charge >= 0.3 is 0 Å². The molecular formula is C10H11NO3. The number of amides is 1. The van der Waals surface area contributed by atoms with E-state index in [0.29, 0.717) is 5.56 Å².